The molecule has 2 aliphatic heterocycles. The molecule has 5 heterocycles. The van der Waals surface area contributed by atoms with E-state index in [9.17, 15) is 33.7 Å². The monoisotopic (exact) mass is 774 g/mol. The molecule has 2 amide bonds. The fourth-order valence-electron chi connectivity index (χ4n) is 6.67. The van der Waals surface area contributed by atoms with Gasteiger partial charge in [0.05, 0.1) is 28.9 Å². The van der Waals surface area contributed by atoms with Crippen molar-refractivity contribution in [2.45, 2.75) is 53.4 Å². The molecule has 0 aliphatic carbocycles. The number of H-pyrrole nitrogens is 2. The number of nitrogens with one attached hydrogen (secondary N) is 4. The number of aryl methyl sites for hydroxylation is 2. The van der Waals surface area contributed by atoms with Gasteiger partial charge in [-0.1, -0.05) is 31.6 Å². The number of hydrogen-bond donors (Lipinski definition) is 8. The van der Waals surface area contributed by atoms with E-state index in [1.807, 2.05) is 58.0 Å². The van der Waals surface area contributed by atoms with Crippen molar-refractivity contribution in [2.75, 3.05) is 25.4 Å². The summed E-state index contributed by atoms with van der Waals surface area (Å²) in [7, 11) is -7.52. The Balaban J connectivity index is 1.68. The second-order valence-electron chi connectivity index (χ2n) is 13.6. The minimum absolute atomic E-state index is 0.0155. The molecule has 0 atom stereocenters. The molecule has 0 saturated carbocycles. The number of aromatic nitrogens is 4. The van der Waals surface area contributed by atoms with E-state index in [-0.39, 0.29) is 43.9 Å². The van der Waals surface area contributed by atoms with E-state index in [2.05, 4.69) is 40.1 Å². The molecule has 54 heavy (non-hydrogen) atoms. The van der Waals surface area contributed by atoms with Crippen LogP contribution in [0.3, 0.4) is 0 Å². The van der Waals surface area contributed by atoms with Gasteiger partial charge in [0.1, 0.15) is 7.34 Å². The summed E-state index contributed by atoms with van der Waals surface area (Å²) >= 11 is 0. The van der Waals surface area contributed by atoms with Crippen LogP contribution < -0.4 is 10.6 Å². The Labute approximate surface area is 314 Å². The third-order valence-electron chi connectivity index (χ3n) is 9.76. The Bertz CT molecular complexity index is 2370. The molecule has 0 fully saturated rings. The first-order chi connectivity index (χ1) is 25.4. The maximum Gasteiger partial charge on any atom is 0.327 e. The van der Waals surface area contributed by atoms with Crippen LogP contribution in [0.5, 0.6) is 0 Å². The molecule has 0 saturated heterocycles. The first-order valence-corrected chi connectivity index (χ1v) is 21.4. The molecule has 286 valence electrons. The van der Waals surface area contributed by atoms with Gasteiger partial charge in [-0.15, -0.1) is 0 Å². The van der Waals surface area contributed by atoms with Crippen molar-refractivity contribution in [3.8, 4) is 0 Å². The maximum absolute atomic E-state index is 12.9. The molecule has 2 aliphatic rings. The van der Waals surface area contributed by atoms with E-state index in [0.717, 1.165) is 66.6 Å². The first kappa shape index (κ1) is 40.6. The minimum atomic E-state index is -4.25. The predicted molar refractivity (Wildman–Crippen MR) is 220 cm³/mol. The van der Waals surface area contributed by atoms with Crippen LogP contribution in [0.2, 0.25) is 0 Å². The second kappa shape index (κ2) is 16.4. The third-order valence-corrected chi connectivity index (χ3v) is 11.5. The van der Waals surface area contributed by atoms with Crippen molar-refractivity contribution in [1.29, 1.82) is 0 Å². The quantitative estimate of drug-likeness (QED) is 0.0861. The Hall–Kier alpha value is -4.61. The Morgan fingerprint density at radius 3 is 1.56 bits per heavy atom. The zero-order valence-corrected chi connectivity index (χ0v) is 32.8. The van der Waals surface area contributed by atoms with E-state index in [0.29, 0.717) is 35.6 Å². The number of amides is 2. The number of hydrogen-bond acceptors (Lipinski definition) is 7. The standard InChI is InChI=1S/C39H48N6O7P2/c1-8-26-22(3)30-18-31-24(5)28(11-13-39(47)41-15-17-54(50,51)52)36(44-31)21-37-29(10-12-38(46)40-14-16-53(7,48)49)25(6)33(45-37)20-35-27(9-2)23(4)32(43-35)19-34(26)42-30/h8-9,18-21,42-43,48-49H,1-2,7,10-17H2,3-6H3,(H,40,46)(H,41,47)(H2,50,51,52). The van der Waals surface area contributed by atoms with E-state index in [4.69, 9.17) is 9.97 Å². The summed E-state index contributed by atoms with van der Waals surface area (Å²) in [6.45, 7) is 16.0. The average molecular weight is 775 g/mol. The van der Waals surface area contributed by atoms with Crippen LogP contribution in [-0.4, -0.2) is 83.0 Å². The maximum atomic E-state index is 12.9. The highest BCUT2D eigenvalue weighted by molar-refractivity contribution is 7.62. The molecule has 3 aromatic heterocycles. The van der Waals surface area contributed by atoms with Crippen molar-refractivity contribution < 1.29 is 33.7 Å². The van der Waals surface area contributed by atoms with E-state index >= 15 is 0 Å². The van der Waals surface area contributed by atoms with E-state index < -0.39 is 21.1 Å². The molecule has 15 heteroatoms. The predicted octanol–water partition coefficient (Wildman–Crippen LogP) is 6.31. The summed E-state index contributed by atoms with van der Waals surface area (Å²) < 4.78 is 11.3. The largest absolute Gasteiger partial charge is 0.356 e. The summed E-state index contributed by atoms with van der Waals surface area (Å²) in [5, 5.41) is 5.34. The van der Waals surface area contributed by atoms with Gasteiger partial charge in [-0.05, 0) is 98.2 Å². The molecule has 0 radical (unpaired) electrons. The molecule has 0 aromatic carbocycles. The summed E-state index contributed by atoms with van der Waals surface area (Å²) in [5.74, 6) is -0.600. The van der Waals surface area contributed by atoms with Crippen LogP contribution >= 0.6 is 14.9 Å². The number of carbonyl (C=O) groups is 2. The van der Waals surface area contributed by atoms with Crippen LogP contribution in [0.25, 0.3) is 56.5 Å². The summed E-state index contributed by atoms with van der Waals surface area (Å²) in [6.07, 6.45) is 7.35. The van der Waals surface area contributed by atoms with Gasteiger partial charge in [-0.3, -0.25) is 14.2 Å². The van der Waals surface area contributed by atoms with E-state index in [1.54, 1.807) is 6.08 Å². The fourth-order valence-corrected chi connectivity index (χ4v) is 7.55. The fraction of sp³-hybridized carbons (Fsp3) is 0.308. The SMILES string of the molecule is C=Cc1c(C)c2cc3[nH]c(cc4nc(cc5nc(cc1[nH]2)C(C)=C5CCC(=O)NCCP(=C)(O)O)C(CCC(=O)NCCP(=O)(O)O)=C4C)c(C)c3C=C. The number of aromatic amines is 2. The molecule has 0 unspecified atom stereocenters. The molecule has 8 N–H and O–H groups in total. The van der Waals surface area contributed by atoms with Gasteiger partial charge < -0.3 is 40.2 Å². The van der Waals surface area contributed by atoms with Crippen LogP contribution in [0.15, 0.2) is 37.4 Å². The molecule has 8 bridgehead atoms. The zero-order chi connectivity index (χ0) is 39.5. The van der Waals surface area contributed by atoms with Crippen molar-refractivity contribution in [3.05, 3.63) is 82.5 Å². The summed E-state index contributed by atoms with van der Waals surface area (Å²) in [6, 6.07) is 7.86. The number of fused-ring (bicyclic) bond motifs is 8. The lowest BCUT2D eigenvalue weighted by atomic mass is 9.98. The van der Waals surface area contributed by atoms with Gasteiger partial charge in [-0.25, -0.2) is 9.97 Å². The van der Waals surface area contributed by atoms with Gasteiger partial charge in [0.25, 0.3) is 0 Å². The summed E-state index contributed by atoms with van der Waals surface area (Å²) in [5.41, 5.74) is 13.3. The smallest absolute Gasteiger partial charge is 0.327 e. The molecule has 5 rings (SSSR count). The number of allylic oxidation sites excluding steroid dienone is 4. The van der Waals surface area contributed by atoms with Crippen LogP contribution in [0, 0.1) is 13.8 Å². The number of nitrogens with zero attached hydrogens (tertiary/aromatic N) is 2. The first-order valence-electron chi connectivity index (χ1n) is 17.6. The molecule has 3 aromatic rings. The van der Waals surface area contributed by atoms with Crippen molar-refractivity contribution >= 4 is 89.6 Å². The average Bonchev–Trinajstić information content (AvgIpc) is 3.74. The van der Waals surface area contributed by atoms with Gasteiger partial charge in [0.2, 0.25) is 11.8 Å². The summed E-state index contributed by atoms with van der Waals surface area (Å²) in [4.78, 5) is 80.6. The lowest BCUT2D eigenvalue weighted by Gasteiger charge is -2.11. The Kier molecular flexibility index (Phi) is 12.3. The van der Waals surface area contributed by atoms with Crippen molar-refractivity contribution in [1.82, 2.24) is 30.6 Å². The normalized spacial score (nSPS) is 13.3. The number of rotatable bonds is 14. The molecular formula is C39H48N6O7P2. The molecular weight excluding hydrogens is 726 g/mol. The van der Waals surface area contributed by atoms with Crippen LogP contribution in [0.4, 0.5) is 0 Å². The highest BCUT2D eigenvalue weighted by Gasteiger charge is 2.23. The highest BCUT2D eigenvalue weighted by Crippen LogP contribution is 2.39. The highest BCUT2D eigenvalue weighted by atomic mass is 31.2. The number of carbonyl (C=O) groups excluding carboxylic acids is 2. The van der Waals surface area contributed by atoms with Crippen molar-refractivity contribution in [3.63, 3.8) is 0 Å². The third kappa shape index (κ3) is 9.54. The van der Waals surface area contributed by atoms with Gasteiger partial charge in [0, 0.05) is 65.3 Å². The van der Waals surface area contributed by atoms with Gasteiger partial charge in [-0.2, -0.15) is 0 Å². The van der Waals surface area contributed by atoms with Gasteiger partial charge >= 0.3 is 7.60 Å². The Morgan fingerprint density at radius 1 is 0.685 bits per heavy atom. The molecule has 0 spiro atoms. The van der Waals surface area contributed by atoms with E-state index in [1.165, 1.54) is 0 Å². The minimum Gasteiger partial charge on any atom is -0.356 e. The topological polar surface area (TPSA) is 214 Å². The Morgan fingerprint density at radius 2 is 1.11 bits per heavy atom. The van der Waals surface area contributed by atoms with Crippen LogP contribution in [0.1, 0.15) is 84.6 Å². The van der Waals surface area contributed by atoms with Gasteiger partial charge in [0.15, 0.2) is 0 Å². The molecule has 13 nitrogen and oxygen atoms in total. The lowest BCUT2D eigenvalue weighted by molar-refractivity contribution is -0.121. The van der Waals surface area contributed by atoms with Crippen molar-refractivity contribution in [2.24, 2.45) is 0 Å². The second-order valence-corrected chi connectivity index (χ2v) is 17.6. The van der Waals surface area contributed by atoms with Crippen LogP contribution in [-0.2, 0) is 14.2 Å². The lowest BCUT2D eigenvalue weighted by Crippen LogP contribution is -2.26. The zero-order valence-electron chi connectivity index (χ0n) is 31.0.